The fraction of sp³-hybridized carbons (Fsp3) is 0.294. The highest BCUT2D eigenvalue weighted by Crippen LogP contribution is 2.39. The number of benzene rings is 3. The molecule has 0 bridgehead atoms. The van der Waals surface area contributed by atoms with E-state index < -0.39 is 0 Å². The van der Waals surface area contributed by atoms with Crippen molar-refractivity contribution >= 4 is 28.2 Å². The normalized spacial score (nSPS) is 16.4. The molecule has 1 aliphatic carbocycles. The minimum atomic E-state index is -0.127. The molecule has 0 spiro atoms. The highest BCUT2D eigenvalue weighted by atomic mass is 16.1. The molecule has 1 aromatic heterocycles. The maximum absolute atomic E-state index is 14.5. The molecule has 6 heteroatoms. The van der Waals surface area contributed by atoms with Gasteiger partial charge in [-0.3, -0.25) is 9.59 Å². The van der Waals surface area contributed by atoms with E-state index in [2.05, 4.69) is 16.7 Å². The first kappa shape index (κ1) is 25.9. The van der Waals surface area contributed by atoms with Crippen molar-refractivity contribution in [3.05, 3.63) is 99.0 Å². The molecule has 1 atom stereocenters. The first-order valence-electron chi connectivity index (χ1n) is 13.9. The van der Waals surface area contributed by atoms with Crippen LogP contribution in [-0.2, 0) is 12.8 Å². The number of piperidine rings is 1. The quantitative estimate of drug-likeness (QED) is 0.326. The van der Waals surface area contributed by atoms with Crippen molar-refractivity contribution in [1.82, 2.24) is 9.97 Å². The van der Waals surface area contributed by atoms with Gasteiger partial charge in [0, 0.05) is 59.7 Å². The van der Waals surface area contributed by atoms with Crippen molar-refractivity contribution in [2.24, 2.45) is 5.73 Å². The van der Waals surface area contributed by atoms with Crippen LogP contribution in [0.25, 0.3) is 10.9 Å². The van der Waals surface area contributed by atoms with Gasteiger partial charge in [-0.15, -0.1) is 5.92 Å². The number of hydrogen-bond acceptors (Lipinski definition) is 6. The lowest BCUT2D eigenvalue weighted by molar-refractivity contribution is 0.0978. The molecule has 1 aliphatic heterocycles. The molecule has 0 unspecified atom stereocenters. The van der Waals surface area contributed by atoms with Crippen molar-refractivity contribution in [2.75, 3.05) is 18.0 Å². The van der Waals surface area contributed by atoms with Gasteiger partial charge in [-0.2, -0.15) is 0 Å². The molecular weight excluding hydrogens is 496 g/mol. The van der Waals surface area contributed by atoms with Crippen LogP contribution < -0.4 is 10.6 Å². The van der Waals surface area contributed by atoms with Crippen LogP contribution in [-0.4, -0.2) is 40.7 Å². The summed E-state index contributed by atoms with van der Waals surface area (Å²) < 4.78 is 0. The first-order chi connectivity index (χ1) is 19.4. The molecule has 0 saturated carbocycles. The van der Waals surface area contributed by atoms with Crippen LogP contribution in [0.5, 0.6) is 0 Å². The van der Waals surface area contributed by atoms with Crippen LogP contribution in [0.15, 0.2) is 48.5 Å². The molecule has 40 heavy (non-hydrogen) atoms. The molecule has 6 nitrogen and oxygen atoms in total. The van der Waals surface area contributed by atoms with E-state index in [-0.39, 0.29) is 17.6 Å². The second-order valence-corrected chi connectivity index (χ2v) is 10.9. The molecule has 2 heterocycles. The fourth-order valence-corrected chi connectivity index (χ4v) is 6.22. The van der Waals surface area contributed by atoms with Crippen molar-refractivity contribution < 1.29 is 9.59 Å². The highest BCUT2D eigenvalue weighted by Gasteiger charge is 2.37. The maximum atomic E-state index is 14.5. The summed E-state index contributed by atoms with van der Waals surface area (Å²) >= 11 is 0. The molecule has 200 valence electrons. The molecule has 6 rings (SSSR count). The Hall–Kier alpha value is -4.34. The van der Waals surface area contributed by atoms with Gasteiger partial charge in [0.2, 0.25) is 0 Å². The van der Waals surface area contributed by atoms with Crippen LogP contribution in [0.2, 0.25) is 0 Å². The van der Waals surface area contributed by atoms with E-state index >= 15 is 0 Å². The van der Waals surface area contributed by atoms with Gasteiger partial charge >= 0.3 is 0 Å². The number of carbonyl (C=O) groups is 2. The Morgan fingerprint density at radius 1 is 0.975 bits per heavy atom. The number of aryl methyl sites for hydroxylation is 2. The summed E-state index contributed by atoms with van der Waals surface area (Å²) in [4.78, 5) is 40.3. The van der Waals surface area contributed by atoms with Gasteiger partial charge < -0.3 is 10.6 Å². The number of nitrogens with two attached hydrogens (primary N) is 1. The average Bonchev–Trinajstić information content (AvgIpc) is 2.94. The molecule has 1 fully saturated rings. The first-order valence-corrected chi connectivity index (χ1v) is 13.9. The number of hydrogen-bond donors (Lipinski definition) is 1. The van der Waals surface area contributed by atoms with Crippen molar-refractivity contribution in [2.45, 2.75) is 52.5 Å². The predicted molar refractivity (Wildman–Crippen MR) is 158 cm³/mol. The summed E-state index contributed by atoms with van der Waals surface area (Å²) in [5.41, 5.74) is 13.4. The second kappa shape index (κ2) is 10.3. The van der Waals surface area contributed by atoms with E-state index in [4.69, 9.17) is 15.7 Å². The Labute approximate surface area is 234 Å². The van der Waals surface area contributed by atoms with E-state index in [1.807, 2.05) is 63.2 Å². The minimum absolute atomic E-state index is 0.0166. The second-order valence-electron chi connectivity index (χ2n) is 10.9. The van der Waals surface area contributed by atoms with E-state index in [1.165, 1.54) is 0 Å². The topological polar surface area (TPSA) is 89.2 Å². The van der Waals surface area contributed by atoms with Crippen molar-refractivity contribution in [3.8, 4) is 11.8 Å². The average molecular weight is 529 g/mol. The van der Waals surface area contributed by atoms with Crippen molar-refractivity contribution in [3.63, 3.8) is 0 Å². The summed E-state index contributed by atoms with van der Waals surface area (Å²) in [6.07, 6.45) is 2.74. The number of fused-ring (bicyclic) bond motifs is 3. The third-order valence-electron chi connectivity index (χ3n) is 7.99. The van der Waals surface area contributed by atoms with Crippen molar-refractivity contribution in [1.29, 1.82) is 0 Å². The molecule has 0 amide bonds. The van der Waals surface area contributed by atoms with E-state index in [9.17, 15) is 9.59 Å². The highest BCUT2D eigenvalue weighted by molar-refractivity contribution is 6.31. The number of anilines is 1. The number of ketones is 2. The van der Waals surface area contributed by atoms with Gasteiger partial charge in [0.1, 0.15) is 5.82 Å². The molecule has 2 aliphatic rings. The molecule has 1 saturated heterocycles. The maximum Gasteiger partial charge on any atom is 0.196 e. The van der Waals surface area contributed by atoms with Gasteiger partial charge in [0.15, 0.2) is 11.6 Å². The fourth-order valence-electron chi connectivity index (χ4n) is 6.22. The molecule has 2 N–H and O–H groups in total. The number of carbonyl (C=O) groups excluding carboxylic acids is 2. The summed E-state index contributed by atoms with van der Waals surface area (Å²) in [6.45, 7) is 7.17. The molecule has 4 aromatic rings. The summed E-state index contributed by atoms with van der Waals surface area (Å²) in [5.74, 6) is 6.51. The molecule has 0 radical (unpaired) electrons. The van der Waals surface area contributed by atoms with Crippen LogP contribution in [0, 0.1) is 25.7 Å². The third-order valence-corrected chi connectivity index (χ3v) is 7.99. The van der Waals surface area contributed by atoms with Gasteiger partial charge in [-0.1, -0.05) is 41.8 Å². The van der Waals surface area contributed by atoms with Crippen LogP contribution in [0.3, 0.4) is 0 Å². The zero-order chi connectivity index (χ0) is 28.0. The summed E-state index contributed by atoms with van der Waals surface area (Å²) in [6, 6.07) is 15.5. The zero-order valence-electron chi connectivity index (χ0n) is 23.2. The lowest BCUT2D eigenvalue weighted by Gasteiger charge is -2.36. The van der Waals surface area contributed by atoms with E-state index in [0.717, 1.165) is 58.4 Å². The smallest absolute Gasteiger partial charge is 0.196 e. The Morgan fingerprint density at radius 2 is 1.80 bits per heavy atom. The lowest BCUT2D eigenvalue weighted by Crippen LogP contribution is -2.44. The molecule has 3 aromatic carbocycles. The number of aromatic nitrogens is 2. The minimum Gasteiger partial charge on any atom is -0.369 e. The number of nitrogens with zero attached hydrogens (tertiary/aromatic N) is 3. The largest absolute Gasteiger partial charge is 0.369 e. The van der Waals surface area contributed by atoms with Crippen LogP contribution in [0.4, 0.5) is 5.69 Å². The third kappa shape index (κ3) is 4.47. The van der Waals surface area contributed by atoms with Gasteiger partial charge in [0.05, 0.1) is 16.8 Å². The Bertz CT molecular complexity index is 1760. The van der Waals surface area contributed by atoms with Crippen LogP contribution >= 0.6 is 0 Å². The van der Waals surface area contributed by atoms with E-state index in [1.54, 1.807) is 6.07 Å². The Morgan fingerprint density at radius 3 is 2.60 bits per heavy atom. The van der Waals surface area contributed by atoms with Gasteiger partial charge in [0.25, 0.3) is 0 Å². The summed E-state index contributed by atoms with van der Waals surface area (Å²) in [5, 5.41) is 1.00. The number of rotatable bonds is 4. The Kier molecular flexibility index (Phi) is 6.69. The predicted octanol–water partition coefficient (Wildman–Crippen LogP) is 5.11. The molecular formula is C34H32N4O2. The summed E-state index contributed by atoms with van der Waals surface area (Å²) in [7, 11) is 0. The Balaban J connectivity index is 1.52. The zero-order valence-corrected chi connectivity index (χ0v) is 23.2. The standard InChI is InChI=1S/C34H32N4O2/c1-4-5-9-22-13-14-26-31(32(22)38-15-8-10-24(35)19-38)34(40)30-23(16-20(2)17-27(30)33(26)39)18-29-36-21(3)25-11-6-7-12-28(25)37-29/h6-7,11-14,16-17,24H,8-10,15,18-19,35H2,1-3H3/t24-/m1/s1. The van der Waals surface area contributed by atoms with E-state index in [0.29, 0.717) is 47.5 Å². The number of para-hydroxylation sites is 1. The van der Waals surface area contributed by atoms with Gasteiger partial charge in [-0.05, 0) is 62.9 Å². The van der Waals surface area contributed by atoms with Crippen LogP contribution in [0.1, 0.15) is 79.8 Å². The van der Waals surface area contributed by atoms with Gasteiger partial charge in [-0.25, -0.2) is 9.97 Å². The monoisotopic (exact) mass is 528 g/mol. The lowest BCUT2D eigenvalue weighted by atomic mass is 9.78. The SMILES string of the molecule is CC#CCc1ccc2c(c1N1CCC[C@@H](N)C1)C(=O)c1c(Cc3nc(C)c4ccccc4n3)cc(C)cc1C2=O.